The highest BCUT2D eigenvalue weighted by molar-refractivity contribution is 5.78. The van der Waals surface area contributed by atoms with E-state index in [-0.39, 0.29) is 0 Å². The lowest BCUT2D eigenvalue weighted by Gasteiger charge is -2.37. The minimum absolute atomic E-state index is 0.562. The molecule has 0 bridgehead atoms. The second kappa shape index (κ2) is 4.49. The molecule has 0 amide bonds. The number of nitrogens with zero attached hydrogens (tertiary/aromatic N) is 2. The van der Waals surface area contributed by atoms with Crippen molar-refractivity contribution in [2.24, 2.45) is 16.6 Å². The van der Waals surface area contributed by atoms with Crippen molar-refractivity contribution in [2.75, 3.05) is 13.1 Å². The third kappa shape index (κ3) is 2.61. The summed E-state index contributed by atoms with van der Waals surface area (Å²) in [6, 6.07) is 0.562. The second-order valence-corrected chi connectivity index (χ2v) is 4.02. The molecule has 1 aliphatic heterocycles. The summed E-state index contributed by atoms with van der Waals surface area (Å²) < 4.78 is 0. The predicted octanol–water partition coefficient (Wildman–Crippen LogP) is 1.44. The van der Waals surface area contributed by atoms with Gasteiger partial charge in [0.25, 0.3) is 0 Å². The summed E-state index contributed by atoms with van der Waals surface area (Å²) in [5.74, 6) is 1.48. The molecule has 3 heteroatoms. The Kier molecular flexibility index (Phi) is 3.58. The van der Waals surface area contributed by atoms with Crippen molar-refractivity contribution >= 4 is 5.96 Å². The highest BCUT2D eigenvalue weighted by atomic mass is 15.3. The molecule has 1 saturated heterocycles. The molecular formula is C10H21N3. The molecule has 2 N–H and O–H groups in total. The fourth-order valence-corrected chi connectivity index (χ4v) is 1.86. The third-order valence-electron chi connectivity index (χ3n) is 2.73. The van der Waals surface area contributed by atoms with Gasteiger partial charge in [0.05, 0.1) is 0 Å². The van der Waals surface area contributed by atoms with Gasteiger partial charge in [0.1, 0.15) is 0 Å². The molecular weight excluding hydrogens is 162 g/mol. The Bertz CT molecular complexity index is 189. The summed E-state index contributed by atoms with van der Waals surface area (Å²) in [5, 5.41) is 0. The minimum atomic E-state index is 0.562. The summed E-state index contributed by atoms with van der Waals surface area (Å²) in [6.45, 7) is 8.37. The van der Waals surface area contributed by atoms with Crippen molar-refractivity contribution in [3.63, 3.8) is 0 Å². The van der Waals surface area contributed by atoms with E-state index >= 15 is 0 Å². The molecule has 0 spiro atoms. The Morgan fingerprint density at radius 2 is 2.15 bits per heavy atom. The number of likely N-dealkylation sites (tertiary alicyclic amines) is 1. The molecule has 1 fully saturated rings. The smallest absolute Gasteiger partial charge is 0.191 e. The van der Waals surface area contributed by atoms with Crippen LogP contribution >= 0.6 is 0 Å². The van der Waals surface area contributed by atoms with Crippen molar-refractivity contribution < 1.29 is 0 Å². The van der Waals surface area contributed by atoms with Crippen LogP contribution in [0.3, 0.4) is 0 Å². The number of piperidine rings is 1. The van der Waals surface area contributed by atoms with Crippen LogP contribution in [0.2, 0.25) is 0 Å². The zero-order valence-electron chi connectivity index (χ0n) is 8.95. The molecule has 0 aromatic rings. The van der Waals surface area contributed by atoms with E-state index in [1.54, 1.807) is 0 Å². The molecule has 13 heavy (non-hydrogen) atoms. The SMILES string of the molecule is CCN=C(N)N1CC(C)CCC1C. The number of guanidine groups is 1. The molecule has 0 aliphatic carbocycles. The molecule has 76 valence electrons. The van der Waals surface area contributed by atoms with Crippen LogP contribution in [-0.4, -0.2) is 30.0 Å². The van der Waals surface area contributed by atoms with E-state index in [4.69, 9.17) is 5.73 Å². The molecule has 0 aromatic carbocycles. The maximum atomic E-state index is 5.89. The summed E-state index contributed by atoms with van der Waals surface area (Å²) in [6.07, 6.45) is 2.55. The number of rotatable bonds is 1. The second-order valence-electron chi connectivity index (χ2n) is 4.02. The van der Waals surface area contributed by atoms with Gasteiger partial charge in [-0.15, -0.1) is 0 Å². The highest BCUT2D eigenvalue weighted by Crippen LogP contribution is 2.20. The van der Waals surface area contributed by atoms with Crippen LogP contribution in [0.1, 0.15) is 33.6 Å². The number of hydrogen-bond donors (Lipinski definition) is 1. The third-order valence-corrected chi connectivity index (χ3v) is 2.73. The van der Waals surface area contributed by atoms with E-state index in [0.717, 1.165) is 25.0 Å². The molecule has 3 nitrogen and oxygen atoms in total. The number of nitrogens with two attached hydrogens (primary N) is 1. The van der Waals surface area contributed by atoms with Crippen LogP contribution < -0.4 is 5.73 Å². The van der Waals surface area contributed by atoms with Crippen molar-refractivity contribution in [2.45, 2.75) is 39.7 Å². The lowest BCUT2D eigenvalue weighted by atomic mass is 9.95. The van der Waals surface area contributed by atoms with Crippen LogP contribution in [-0.2, 0) is 0 Å². The van der Waals surface area contributed by atoms with Gasteiger partial charge in [-0.25, -0.2) is 0 Å². The zero-order chi connectivity index (χ0) is 9.84. The van der Waals surface area contributed by atoms with E-state index in [1.165, 1.54) is 12.8 Å². The first-order chi connectivity index (χ1) is 6.15. The van der Waals surface area contributed by atoms with Crippen LogP contribution in [0.4, 0.5) is 0 Å². The average Bonchev–Trinajstić information content (AvgIpc) is 2.09. The van der Waals surface area contributed by atoms with Gasteiger partial charge in [-0.2, -0.15) is 0 Å². The van der Waals surface area contributed by atoms with Gasteiger partial charge in [-0.1, -0.05) is 6.92 Å². The fraction of sp³-hybridized carbons (Fsp3) is 0.900. The van der Waals surface area contributed by atoms with E-state index < -0.39 is 0 Å². The van der Waals surface area contributed by atoms with Crippen molar-refractivity contribution in [3.8, 4) is 0 Å². The van der Waals surface area contributed by atoms with Crippen molar-refractivity contribution in [1.82, 2.24) is 4.90 Å². The van der Waals surface area contributed by atoms with E-state index in [2.05, 4.69) is 23.7 Å². The van der Waals surface area contributed by atoms with Gasteiger partial charge in [-0.3, -0.25) is 4.99 Å². The topological polar surface area (TPSA) is 41.6 Å². The van der Waals surface area contributed by atoms with Crippen LogP contribution in [0.5, 0.6) is 0 Å². The van der Waals surface area contributed by atoms with Crippen LogP contribution in [0.25, 0.3) is 0 Å². The molecule has 1 aliphatic rings. The van der Waals surface area contributed by atoms with Gasteiger partial charge in [0.15, 0.2) is 5.96 Å². The zero-order valence-corrected chi connectivity index (χ0v) is 8.95. The predicted molar refractivity (Wildman–Crippen MR) is 56.7 cm³/mol. The molecule has 2 unspecified atom stereocenters. The number of hydrogen-bond acceptors (Lipinski definition) is 1. The standard InChI is InChI=1S/C10H21N3/c1-4-12-10(11)13-7-8(2)5-6-9(13)3/h8-9H,4-7H2,1-3H3,(H2,11,12). The van der Waals surface area contributed by atoms with Crippen molar-refractivity contribution in [3.05, 3.63) is 0 Å². The highest BCUT2D eigenvalue weighted by Gasteiger charge is 2.23. The molecule has 0 saturated carbocycles. The quantitative estimate of drug-likeness (QED) is 0.494. The number of aliphatic imine (C=N–C) groups is 1. The van der Waals surface area contributed by atoms with Gasteiger partial charge >= 0.3 is 0 Å². The largest absolute Gasteiger partial charge is 0.370 e. The lowest BCUT2D eigenvalue weighted by molar-refractivity contribution is 0.204. The Labute approximate surface area is 81.0 Å². The molecule has 0 aromatic heterocycles. The maximum Gasteiger partial charge on any atom is 0.191 e. The Balaban J connectivity index is 2.60. The normalized spacial score (nSPS) is 30.7. The van der Waals surface area contributed by atoms with Gasteiger partial charge in [0, 0.05) is 19.1 Å². The average molecular weight is 183 g/mol. The van der Waals surface area contributed by atoms with E-state index in [1.807, 2.05) is 6.92 Å². The fourth-order valence-electron chi connectivity index (χ4n) is 1.86. The van der Waals surface area contributed by atoms with E-state index in [9.17, 15) is 0 Å². The van der Waals surface area contributed by atoms with Gasteiger partial charge in [0.2, 0.25) is 0 Å². The first kappa shape index (κ1) is 10.4. The van der Waals surface area contributed by atoms with Gasteiger partial charge < -0.3 is 10.6 Å². The van der Waals surface area contributed by atoms with Crippen LogP contribution in [0.15, 0.2) is 4.99 Å². The van der Waals surface area contributed by atoms with Crippen molar-refractivity contribution in [1.29, 1.82) is 0 Å². The monoisotopic (exact) mass is 183 g/mol. The Morgan fingerprint density at radius 3 is 2.77 bits per heavy atom. The summed E-state index contributed by atoms with van der Waals surface area (Å²) in [7, 11) is 0. The Morgan fingerprint density at radius 1 is 1.46 bits per heavy atom. The van der Waals surface area contributed by atoms with Gasteiger partial charge in [-0.05, 0) is 32.6 Å². The molecule has 1 heterocycles. The summed E-state index contributed by atoms with van der Waals surface area (Å²) in [4.78, 5) is 6.49. The summed E-state index contributed by atoms with van der Waals surface area (Å²) >= 11 is 0. The first-order valence-electron chi connectivity index (χ1n) is 5.21. The Hall–Kier alpha value is -0.730. The van der Waals surface area contributed by atoms with E-state index in [0.29, 0.717) is 6.04 Å². The maximum absolute atomic E-state index is 5.89. The van der Waals surface area contributed by atoms with Crippen LogP contribution in [0, 0.1) is 5.92 Å². The molecule has 0 radical (unpaired) electrons. The minimum Gasteiger partial charge on any atom is -0.370 e. The first-order valence-corrected chi connectivity index (χ1v) is 5.21. The molecule has 2 atom stereocenters. The molecule has 1 rings (SSSR count). The lowest BCUT2D eigenvalue weighted by Crippen LogP contribution is -2.48. The summed E-state index contributed by atoms with van der Waals surface area (Å²) in [5.41, 5.74) is 5.89.